The van der Waals surface area contributed by atoms with E-state index >= 15 is 0 Å². The van der Waals surface area contributed by atoms with Crippen LogP contribution < -0.4 is 5.32 Å². The normalized spacial score (nSPS) is 10.7. The number of anilines is 1. The van der Waals surface area contributed by atoms with Crippen molar-refractivity contribution in [2.24, 2.45) is 0 Å². The first-order chi connectivity index (χ1) is 10.1. The summed E-state index contributed by atoms with van der Waals surface area (Å²) < 4.78 is 14.0. The Balaban J connectivity index is 2.38. The van der Waals surface area contributed by atoms with Gasteiger partial charge in [-0.2, -0.15) is 0 Å². The zero-order valence-electron chi connectivity index (χ0n) is 12.5. The molecule has 2 rings (SSSR count). The summed E-state index contributed by atoms with van der Waals surface area (Å²) in [7, 11) is 0. The molecule has 0 fully saturated rings. The van der Waals surface area contributed by atoms with E-state index in [1.807, 2.05) is 13.8 Å². The fourth-order valence-electron chi connectivity index (χ4n) is 2.33. The van der Waals surface area contributed by atoms with Gasteiger partial charge in [-0.15, -0.1) is 0 Å². The molecule has 0 saturated heterocycles. The minimum atomic E-state index is -0.398. The maximum Gasteiger partial charge on any atom is 0.145 e. The highest BCUT2D eigenvalue weighted by Crippen LogP contribution is 2.22. The molecule has 5 heteroatoms. The highest BCUT2D eigenvalue weighted by molar-refractivity contribution is 6.30. The van der Waals surface area contributed by atoms with E-state index in [1.54, 1.807) is 12.1 Å². The van der Waals surface area contributed by atoms with Gasteiger partial charge in [0.1, 0.15) is 17.5 Å². The number of rotatable bonds is 5. The molecule has 0 bridgehead atoms. The van der Waals surface area contributed by atoms with Crippen LogP contribution in [0.15, 0.2) is 18.2 Å². The van der Waals surface area contributed by atoms with Crippen molar-refractivity contribution in [2.45, 2.75) is 33.6 Å². The summed E-state index contributed by atoms with van der Waals surface area (Å²) in [5.74, 6) is 1.04. The maximum atomic E-state index is 14.0. The summed E-state index contributed by atoms with van der Waals surface area (Å²) in [5.41, 5.74) is 2.54. The van der Waals surface area contributed by atoms with Gasteiger partial charge in [0.2, 0.25) is 0 Å². The minimum absolute atomic E-state index is 0.126. The molecule has 0 spiro atoms. The topological polar surface area (TPSA) is 37.8 Å². The van der Waals surface area contributed by atoms with Crippen LogP contribution in [0.25, 0.3) is 0 Å². The second-order valence-electron chi connectivity index (χ2n) is 4.83. The number of hydrogen-bond donors (Lipinski definition) is 1. The zero-order valence-corrected chi connectivity index (χ0v) is 13.3. The largest absolute Gasteiger partial charge is 0.370 e. The van der Waals surface area contributed by atoms with Crippen LogP contribution in [-0.4, -0.2) is 16.5 Å². The van der Waals surface area contributed by atoms with E-state index in [-0.39, 0.29) is 5.02 Å². The van der Waals surface area contributed by atoms with Gasteiger partial charge in [-0.05, 0) is 31.9 Å². The molecule has 0 radical (unpaired) electrons. The number of aromatic nitrogens is 2. The van der Waals surface area contributed by atoms with E-state index in [2.05, 4.69) is 22.2 Å². The monoisotopic (exact) mass is 307 g/mol. The van der Waals surface area contributed by atoms with Crippen molar-refractivity contribution in [1.29, 1.82) is 0 Å². The molecular formula is C16H19ClFN3. The van der Waals surface area contributed by atoms with Crippen molar-refractivity contribution in [3.63, 3.8) is 0 Å². The smallest absolute Gasteiger partial charge is 0.145 e. The third-order valence-corrected chi connectivity index (χ3v) is 3.63. The quantitative estimate of drug-likeness (QED) is 0.901. The summed E-state index contributed by atoms with van der Waals surface area (Å²) in [4.78, 5) is 9.02. The summed E-state index contributed by atoms with van der Waals surface area (Å²) in [5, 5.41) is 3.38. The Bertz CT molecular complexity index is 644. The Morgan fingerprint density at radius 3 is 2.67 bits per heavy atom. The average molecular weight is 308 g/mol. The molecule has 0 aliphatic heterocycles. The molecule has 0 unspecified atom stereocenters. The summed E-state index contributed by atoms with van der Waals surface area (Å²) >= 11 is 5.81. The Morgan fingerprint density at radius 2 is 2.00 bits per heavy atom. The predicted octanol–water partition coefficient (Wildman–Crippen LogP) is 4.16. The Labute approximate surface area is 129 Å². The molecule has 0 amide bonds. The Morgan fingerprint density at radius 1 is 1.24 bits per heavy atom. The highest BCUT2D eigenvalue weighted by Gasteiger charge is 2.13. The number of nitrogens with zero attached hydrogens (tertiary/aromatic N) is 2. The molecule has 0 aliphatic carbocycles. The van der Waals surface area contributed by atoms with Gasteiger partial charge < -0.3 is 5.32 Å². The molecule has 1 aromatic heterocycles. The molecule has 1 N–H and O–H groups in total. The van der Waals surface area contributed by atoms with Gasteiger partial charge in [0.15, 0.2) is 0 Å². The van der Waals surface area contributed by atoms with Gasteiger partial charge in [-0.1, -0.05) is 30.7 Å². The zero-order chi connectivity index (χ0) is 15.4. The van der Waals surface area contributed by atoms with Gasteiger partial charge in [0.25, 0.3) is 0 Å². The van der Waals surface area contributed by atoms with Crippen molar-refractivity contribution in [3.05, 3.63) is 51.7 Å². The van der Waals surface area contributed by atoms with Crippen LogP contribution in [0.4, 0.5) is 10.2 Å². The molecule has 1 aromatic carbocycles. The number of aryl methyl sites for hydroxylation is 1. The van der Waals surface area contributed by atoms with Crippen molar-refractivity contribution in [1.82, 2.24) is 9.97 Å². The van der Waals surface area contributed by atoms with Crippen LogP contribution in [0.1, 0.15) is 36.5 Å². The van der Waals surface area contributed by atoms with E-state index in [0.29, 0.717) is 17.8 Å². The first-order valence-corrected chi connectivity index (χ1v) is 7.47. The van der Waals surface area contributed by atoms with Gasteiger partial charge in [0, 0.05) is 24.2 Å². The third kappa shape index (κ3) is 3.50. The Hall–Kier alpha value is -1.68. The standard InChI is InChI=1S/C16H19ClFN3/c1-4-12-10(3)20-14(21-16(12)19-5-2)9-11-7-6-8-13(17)15(11)18/h6-8H,4-5,9H2,1-3H3,(H,19,20,21). The van der Waals surface area contributed by atoms with E-state index in [0.717, 1.165) is 30.0 Å². The van der Waals surface area contributed by atoms with Gasteiger partial charge in [0.05, 0.1) is 5.02 Å². The van der Waals surface area contributed by atoms with Crippen LogP contribution >= 0.6 is 11.6 Å². The lowest BCUT2D eigenvalue weighted by molar-refractivity contribution is 0.612. The molecule has 112 valence electrons. The number of hydrogen-bond acceptors (Lipinski definition) is 3. The second kappa shape index (κ2) is 6.85. The number of halogens is 2. The first-order valence-electron chi connectivity index (χ1n) is 7.09. The van der Waals surface area contributed by atoms with E-state index in [1.165, 1.54) is 6.07 Å². The van der Waals surface area contributed by atoms with Crippen molar-refractivity contribution in [3.8, 4) is 0 Å². The summed E-state index contributed by atoms with van der Waals surface area (Å²) in [6.07, 6.45) is 1.19. The highest BCUT2D eigenvalue weighted by atomic mass is 35.5. The fourth-order valence-corrected chi connectivity index (χ4v) is 2.52. The van der Waals surface area contributed by atoms with Crippen molar-refractivity contribution >= 4 is 17.4 Å². The number of nitrogens with one attached hydrogen (secondary N) is 1. The average Bonchev–Trinajstić information content (AvgIpc) is 2.44. The molecule has 0 aliphatic rings. The minimum Gasteiger partial charge on any atom is -0.370 e. The lowest BCUT2D eigenvalue weighted by Crippen LogP contribution is -2.10. The van der Waals surface area contributed by atoms with Gasteiger partial charge in [-0.3, -0.25) is 0 Å². The summed E-state index contributed by atoms with van der Waals surface area (Å²) in [6, 6.07) is 4.98. The predicted molar refractivity (Wildman–Crippen MR) is 84.5 cm³/mol. The molecule has 1 heterocycles. The lowest BCUT2D eigenvalue weighted by atomic mass is 10.1. The lowest BCUT2D eigenvalue weighted by Gasteiger charge is -2.13. The van der Waals surface area contributed by atoms with Crippen LogP contribution in [-0.2, 0) is 12.8 Å². The van der Waals surface area contributed by atoms with Crippen LogP contribution in [0.3, 0.4) is 0 Å². The number of benzene rings is 1. The molecular weight excluding hydrogens is 289 g/mol. The second-order valence-corrected chi connectivity index (χ2v) is 5.23. The fraction of sp³-hybridized carbons (Fsp3) is 0.375. The van der Waals surface area contributed by atoms with Crippen LogP contribution in [0.5, 0.6) is 0 Å². The van der Waals surface area contributed by atoms with E-state index in [9.17, 15) is 4.39 Å². The SMILES string of the molecule is CCNc1nc(Cc2cccc(Cl)c2F)nc(C)c1CC. The van der Waals surface area contributed by atoms with Gasteiger partial charge in [-0.25, -0.2) is 14.4 Å². The first kappa shape index (κ1) is 15.7. The molecule has 21 heavy (non-hydrogen) atoms. The van der Waals surface area contributed by atoms with Crippen molar-refractivity contribution in [2.75, 3.05) is 11.9 Å². The third-order valence-electron chi connectivity index (χ3n) is 3.34. The molecule has 2 aromatic rings. The molecule has 0 atom stereocenters. The molecule has 3 nitrogen and oxygen atoms in total. The van der Waals surface area contributed by atoms with Gasteiger partial charge >= 0.3 is 0 Å². The molecule has 0 saturated carbocycles. The van der Waals surface area contributed by atoms with E-state index < -0.39 is 5.82 Å². The van der Waals surface area contributed by atoms with Crippen LogP contribution in [0.2, 0.25) is 5.02 Å². The van der Waals surface area contributed by atoms with E-state index in [4.69, 9.17) is 11.6 Å². The Kier molecular flexibility index (Phi) is 5.12. The summed E-state index contributed by atoms with van der Waals surface area (Å²) in [6.45, 7) is 6.84. The van der Waals surface area contributed by atoms with Crippen LogP contribution in [0, 0.1) is 12.7 Å². The maximum absolute atomic E-state index is 14.0. The van der Waals surface area contributed by atoms with Crippen molar-refractivity contribution < 1.29 is 4.39 Å².